The predicted molar refractivity (Wildman–Crippen MR) is 79.3 cm³/mol. The van der Waals surface area contributed by atoms with Gasteiger partial charge in [-0.1, -0.05) is 25.0 Å². The van der Waals surface area contributed by atoms with Crippen molar-refractivity contribution < 1.29 is 9.18 Å². The fraction of sp³-hybridized carbons (Fsp3) is 0.375. The second-order valence-corrected chi connectivity index (χ2v) is 5.55. The average molecular weight is 287 g/mol. The molecule has 1 aromatic heterocycles. The normalized spacial score (nSPS) is 15.3. The van der Waals surface area contributed by atoms with Gasteiger partial charge in [-0.05, 0) is 31.9 Å². The van der Waals surface area contributed by atoms with Crippen LogP contribution < -0.4 is 5.32 Å². The second-order valence-electron chi connectivity index (χ2n) is 5.55. The number of rotatable bonds is 3. The summed E-state index contributed by atoms with van der Waals surface area (Å²) in [5.74, 6) is -0.199. The van der Waals surface area contributed by atoms with E-state index in [1.165, 1.54) is 12.1 Å². The van der Waals surface area contributed by atoms with Crippen LogP contribution >= 0.6 is 0 Å². The number of aryl methyl sites for hydroxylation is 1. The fourth-order valence-electron chi connectivity index (χ4n) is 2.84. The molecule has 21 heavy (non-hydrogen) atoms. The highest BCUT2D eigenvalue weighted by atomic mass is 19.1. The van der Waals surface area contributed by atoms with E-state index >= 15 is 0 Å². The van der Waals surface area contributed by atoms with Gasteiger partial charge in [0.2, 0.25) is 5.91 Å². The summed E-state index contributed by atoms with van der Waals surface area (Å²) in [7, 11) is 0. The lowest BCUT2D eigenvalue weighted by molar-refractivity contribution is -0.119. The summed E-state index contributed by atoms with van der Waals surface area (Å²) in [5.41, 5.74) is 2.66. The Labute approximate surface area is 122 Å². The minimum absolute atomic E-state index is 0.0367. The molecule has 1 saturated carbocycles. The van der Waals surface area contributed by atoms with E-state index in [9.17, 15) is 9.18 Å². The van der Waals surface area contributed by atoms with Crippen molar-refractivity contribution in [2.45, 2.75) is 32.6 Å². The average Bonchev–Trinajstić information content (AvgIpc) is 3.10. The van der Waals surface area contributed by atoms with Gasteiger partial charge in [0.15, 0.2) is 0 Å². The number of aromatic nitrogens is 2. The van der Waals surface area contributed by atoms with E-state index in [4.69, 9.17) is 0 Å². The summed E-state index contributed by atoms with van der Waals surface area (Å²) in [4.78, 5) is 12.3. The van der Waals surface area contributed by atoms with Gasteiger partial charge in [0.05, 0.1) is 11.4 Å². The Hall–Kier alpha value is -2.17. The fourth-order valence-corrected chi connectivity index (χ4v) is 2.84. The number of amides is 1. The molecular weight excluding hydrogens is 269 g/mol. The Morgan fingerprint density at radius 2 is 2.14 bits per heavy atom. The van der Waals surface area contributed by atoms with Crippen molar-refractivity contribution in [1.29, 1.82) is 0 Å². The molecule has 1 aliphatic carbocycles. The highest BCUT2D eigenvalue weighted by molar-refractivity contribution is 5.96. The predicted octanol–water partition coefficient (Wildman–Crippen LogP) is 3.65. The summed E-state index contributed by atoms with van der Waals surface area (Å²) in [6.45, 7) is 1.85. The molecule has 5 heteroatoms. The van der Waals surface area contributed by atoms with Gasteiger partial charge in [-0.15, -0.1) is 0 Å². The first-order valence-corrected chi connectivity index (χ1v) is 7.27. The molecule has 1 aromatic carbocycles. The zero-order chi connectivity index (χ0) is 14.8. The Bertz CT molecular complexity index is 659. The van der Waals surface area contributed by atoms with Crippen molar-refractivity contribution in [3.8, 4) is 11.3 Å². The zero-order valence-electron chi connectivity index (χ0n) is 11.9. The summed E-state index contributed by atoms with van der Waals surface area (Å²) in [6.07, 6.45) is 4.11. The quantitative estimate of drug-likeness (QED) is 0.905. The van der Waals surface area contributed by atoms with Crippen LogP contribution in [0.1, 0.15) is 31.4 Å². The third-order valence-electron chi connectivity index (χ3n) is 4.02. The van der Waals surface area contributed by atoms with E-state index in [1.54, 1.807) is 12.1 Å². The summed E-state index contributed by atoms with van der Waals surface area (Å²) in [6, 6.07) is 6.22. The van der Waals surface area contributed by atoms with Crippen molar-refractivity contribution in [2.24, 2.45) is 5.92 Å². The van der Waals surface area contributed by atoms with Crippen LogP contribution in [0.2, 0.25) is 0 Å². The minimum atomic E-state index is -0.318. The number of H-pyrrole nitrogens is 1. The molecule has 1 aliphatic rings. The first-order valence-electron chi connectivity index (χ1n) is 7.27. The number of hydrogen-bond donors (Lipinski definition) is 2. The number of anilines is 1. The van der Waals surface area contributed by atoms with E-state index in [2.05, 4.69) is 15.5 Å². The first kappa shape index (κ1) is 13.8. The molecule has 3 rings (SSSR count). The van der Waals surface area contributed by atoms with Crippen molar-refractivity contribution in [2.75, 3.05) is 5.32 Å². The highest BCUT2D eigenvalue weighted by Crippen LogP contribution is 2.31. The van der Waals surface area contributed by atoms with Gasteiger partial charge < -0.3 is 5.32 Å². The molecule has 0 unspecified atom stereocenters. The van der Waals surface area contributed by atoms with Gasteiger partial charge in [-0.25, -0.2) is 4.39 Å². The Morgan fingerprint density at radius 1 is 1.38 bits per heavy atom. The minimum Gasteiger partial charge on any atom is -0.322 e. The van der Waals surface area contributed by atoms with Crippen molar-refractivity contribution in [3.05, 3.63) is 35.8 Å². The molecule has 2 aromatic rings. The van der Waals surface area contributed by atoms with Crippen LogP contribution in [0.4, 0.5) is 10.1 Å². The van der Waals surface area contributed by atoms with Gasteiger partial charge in [-0.3, -0.25) is 9.89 Å². The van der Waals surface area contributed by atoms with Crippen LogP contribution in [0.25, 0.3) is 11.3 Å². The molecule has 0 spiro atoms. The molecule has 0 aliphatic heterocycles. The van der Waals surface area contributed by atoms with Crippen LogP contribution in [-0.2, 0) is 4.79 Å². The molecule has 0 atom stereocenters. The lowest BCUT2D eigenvalue weighted by atomic mass is 10.1. The van der Waals surface area contributed by atoms with Crippen LogP contribution in [0.3, 0.4) is 0 Å². The molecule has 1 heterocycles. The number of nitrogens with one attached hydrogen (secondary N) is 2. The maximum absolute atomic E-state index is 13.4. The third-order valence-corrected chi connectivity index (χ3v) is 4.02. The lowest BCUT2D eigenvalue weighted by Gasteiger charge is -2.11. The van der Waals surface area contributed by atoms with Crippen LogP contribution in [0.5, 0.6) is 0 Å². The molecule has 0 radical (unpaired) electrons. The first-order chi connectivity index (χ1) is 10.1. The smallest absolute Gasteiger partial charge is 0.227 e. The Balaban J connectivity index is 1.88. The molecule has 110 valence electrons. The van der Waals surface area contributed by atoms with Gasteiger partial charge in [-0.2, -0.15) is 5.10 Å². The second kappa shape index (κ2) is 5.68. The van der Waals surface area contributed by atoms with Gasteiger partial charge >= 0.3 is 0 Å². The zero-order valence-corrected chi connectivity index (χ0v) is 11.9. The number of carbonyl (C=O) groups is 1. The number of aromatic amines is 1. The standard InChI is InChI=1S/C16H18FN3O/c1-10-14(18-16(21)11-5-2-3-6-11)15(20-19-10)12-7-4-8-13(17)9-12/h4,7-9,11H,2-3,5-6H2,1H3,(H,18,21)(H,19,20). The molecule has 2 N–H and O–H groups in total. The van der Waals surface area contributed by atoms with Crippen LogP contribution in [0.15, 0.2) is 24.3 Å². The van der Waals surface area contributed by atoms with E-state index in [0.29, 0.717) is 16.9 Å². The largest absolute Gasteiger partial charge is 0.322 e. The van der Waals surface area contributed by atoms with Gasteiger partial charge in [0, 0.05) is 11.5 Å². The molecular formula is C16H18FN3O. The summed E-state index contributed by atoms with van der Waals surface area (Å²) < 4.78 is 13.4. The van der Waals surface area contributed by atoms with E-state index < -0.39 is 0 Å². The Morgan fingerprint density at radius 3 is 2.86 bits per heavy atom. The van der Waals surface area contributed by atoms with Crippen molar-refractivity contribution in [3.63, 3.8) is 0 Å². The highest BCUT2D eigenvalue weighted by Gasteiger charge is 2.24. The lowest BCUT2D eigenvalue weighted by Crippen LogP contribution is -2.20. The molecule has 1 fully saturated rings. The number of benzene rings is 1. The number of hydrogen-bond acceptors (Lipinski definition) is 2. The maximum Gasteiger partial charge on any atom is 0.227 e. The molecule has 4 nitrogen and oxygen atoms in total. The monoisotopic (exact) mass is 287 g/mol. The SMILES string of the molecule is Cc1[nH]nc(-c2cccc(F)c2)c1NC(=O)C1CCCC1. The van der Waals surface area contributed by atoms with E-state index in [0.717, 1.165) is 31.4 Å². The molecule has 0 bridgehead atoms. The number of halogens is 1. The maximum atomic E-state index is 13.4. The summed E-state index contributed by atoms with van der Waals surface area (Å²) in [5, 5.41) is 10.0. The topological polar surface area (TPSA) is 57.8 Å². The van der Waals surface area contributed by atoms with Crippen LogP contribution in [-0.4, -0.2) is 16.1 Å². The molecule has 0 saturated heterocycles. The Kier molecular flexibility index (Phi) is 3.73. The molecule has 1 amide bonds. The third kappa shape index (κ3) is 2.82. The van der Waals surface area contributed by atoms with Crippen molar-refractivity contribution in [1.82, 2.24) is 10.2 Å². The van der Waals surface area contributed by atoms with E-state index in [-0.39, 0.29) is 17.6 Å². The van der Waals surface area contributed by atoms with Gasteiger partial charge in [0.25, 0.3) is 0 Å². The van der Waals surface area contributed by atoms with Gasteiger partial charge in [0.1, 0.15) is 11.5 Å². The number of carbonyl (C=O) groups excluding carboxylic acids is 1. The van der Waals surface area contributed by atoms with E-state index in [1.807, 2.05) is 6.92 Å². The summed E-state index contributed by atoms with van der Waals surface area (Å²) >= 11 is 0. The van der Waals surface area contributed by atoms with Crippen molar-refractivity contribution >= 4 is 11.6 Å². The number of nitrogens with zero attached hydrogens (tertiary/aromatic N) is 1. The van der Waals surface area contributed by atoms with Crippen LogP contribution in [0, 0.1) is 18.7 Å².